The van der Waals surface area contributed by atoms with Crippen LogP contribution in [-0.2, 0) is 13.5 Å². The third kappa shape index (κ3) is 2.79. The van der Waals surface area contributed by atoms with Crippen molar-refractivity contribution in [3.63, 3.8) is 0 Å². The normalized spacial score (nSPS) is 20.2. The van der Waals surface area contributed by atoms with Gasteiger partial charge in [-0.05, 0) is 43.9 Å². The molecule has 9 heteroatoms. The molecule has 3 aromatic rings. The molecule has 2 bridgehead atoms. The predicted molar refractivity (Wildman–Crippen MR) is 101 cm³/mol. The van der Waals surface area contributed by atoms with E-state index in [4.69, 9.17) is 0 Å². The van der Waals surface area contributed by atoms with E-state index in [2.05, 4.69) is 15.1 Å². The molecule has 6 nitrogen and oxygen atoms in total. The Balaban J connectivity index is 1.60. The Hall–Kier alpha value is -3.23. The fourth-order valence-electron chi connectivity index (χ4n) is 4.75. The number of benzene rings is 1. The molecule has 0 spiro atoms. The Morgan fingerprint density at radius 1 is 1.17 bits per heavy atom. The van der Waals surface area contributed by atoms with Crippen LogP contribution in [0.4, 0.5) is 13.2 Å². The maximum absolute atomic E-state index is 13.9. The number of aromatic nitrogens is 4. The molecule has 1 saturated heterocycles. The first-order valence-electron chi connectivity index (χ1n) is 9.75. The second-order valence-corrected chi connectivity index (χ2v) is 7.70. The molecule has 0 aliphatic carbocycles. The fraction of sp³-hybridized carbons (Fsp3) is 0.333. The second-order valence-electron chi connectivity index (χ2n) is 7.70. The first kappa shape index (κ1) is 18.8. The number of piperidine rings is 1. The van der Waals surface area contributed by atoms with Crippen molar-refractivity contribution in [1.82, 2.24) is 24.6 Å². The number of carbonyl (C=O) groups excluding carboxylic acids is 1. The quantitative estimate of drug-likeness (QED) is 0.603. The SMILES string of the molecule is Cn1nc2c(c1-c1cc(F)c(F)c(F)c1)C[C@H]1CCC[C@@H]2N1C(=O)c1ccncn1. The maximum atomic E-state index is 13.9. The van der Waals surface area contributed by atoms with Gasteiger partial charge in [-0.2, -0.15) is 5.10 Å². The number of hydrogen-bond donors (Lipinski definition) is 0. The minimum Gasteiger partial charge on any atom is -0.325 e. The highest BCUT2D eigenvalue weighted by Gasteiger charge is 2.43. The Bertz CT molecular complexity index is 1120. The second kappa shape index (κ2) is 6.93. The highest BCUT2D eigenvalue weighted by molar-refractivity contribution is 5.93. The van der Waals surface area contributed by atoms with Crippen molar-refractivity contribution in [1.29, 1.82) is 0 Å². The van der Waals surface area contributed by atoms with E-state index in [1.165, 1.54) is 12.5 Å². The van der Waals surface area contributed by atoms with Gasteiger partial charge in [-0.3, -0.25) is 9.48 Å². The first-order chi connectivity index (χ1) is 14.5. The Morgan fingerprint density at radius 3 is 2.63 bits per heavy atom. The molecular formula is C21H18F3N5O. The molecule has 2 atom stereocenters. The zero-order valence-electron chi connectivity index (χ0n) is 16.1. The number of halogens is 3. The Morgan fingerprint density at radius 2 is 1.93 bits per heavy atom. The average Bonchev–Trinajstić information content (AvgIpc) is 3.07. The van der Waals surface area contributed by atoms with E-state index in [0.717, 1.165) is 42.7 Å². The van der Waals surface area contributed by atoms with Crippen LogP contribution in [0.5, 0.6) is 0 Å². The van der Waals surface area contributed by atoms with Crippen LogP contribution in [-0.4, -0.2) is 36.6 Å². The highest BCUT2D eigenvalue weighted by Crippen LogP contribution is 2.45. The van der Waals surface area contributed by atoms with E-state index < -0.39 is 17.5 Å². The molecule has 1 fully saturated rings. The number of rotatable bonds is 2. The van der Waals surface area contributed by atoms with E-state index in [-0.39, 0.29) is 23.6 Å². The third-order valence-electron chi connectivity index (χ3n) is 5.97. The molecule has 1 amide bonds. The zero-order valence-corrected chi connectivity index (χ0v) is 16.1. The van der Waals surface area contributed by atoms with Crippen LogP contribution < -0.4 is 0 Å². The molecule has 0 radical (unpaired) electrons. The lowest BCUT2D eigenvalue weighted by Gasteiger charge is -2.45. The van der Waals surface area contributed by atoms with Crippen LogP contribution in [0.1, 0.15) is 47.1 Å². The van der Waals surface area contributed by atoms with Gasteiger partial charge in [0, 0.05) is 30.4 Å². The lowest BCUT2D eigenvalue weighted by molar-refractivity contribution is 0.0385. The number of aryl methyl sites for hydroxylation is 1. The van der Waals surface area contributed by atoms with E-state index in [0.29, 0.717) is 17.8 Å². The molecule has 4 heterocycles. The summed E-state index contributed by atoms with van der Waals surface area (Å²) >= 11 is 0. The molecule has 0 unspecified atom stereocenters. The summed E-state index contributed by atoms with van der Waals surface area (Å²) in [6.45, 7) is 0. The minimum atomic E-state index is -1.49. The number of carbonyl (C=O) groups is 1. The van der Waals surface area contributed by atoms with Crippen LogP contribution >= 0.6 is 0 Å². The summed E-state index contributed by atoms with van der Waals surface area (Å²) in [6.07, 6.45) is 5.88. The first-order valence-corrected chi connectivity index (χ1v) is 9.75. The standard InChI is InChI=1S/C21H18F3N5O/c1-28-20(11-7-14(22)18(24)15(23)8-11)13-9-12-3-2-4-17(19(13)27-28)29(12)21(30)16-5-6-25-10-26-16/h5-8,10,12,17H,2-4,9H2,1H3/t12-,17+/m1/s1. The average molecular weight is 413 g/mol. The Labute approximate surface area is 170 Å². The van der Waals surface area contributed by atoms with Crippen LogP contribution in [0, 0.1) is 17.5 Å². The summed E-state index contributed by atoms with van der Waals surface area (Å²) in [6, 6.07) is 3.25. The van der Waals surface area contributed by atoms with Gasteiger partial charge in [0.15, 0.2) is 17.5 Å². The largest absolute Gasteiger partial charge is 0.325 e. The van der Waals surface area contributed by atoms with E-state index >= 15 is 0 Å². The number of hydrogen-bond acceptors (Lipinski definition) is 4. The highest BCUT2D eigenvalue weighted by atomic mass is 19.2. The monoisotopic (exact) mass is 413 g/mol. The number of amides is 1. The topological polar surface area (TPSA) is 63.9 Å². The van der Waals surface area contributed by atoms with Gasteiger partial charge < -0.3 is 4.90 Å². The Kier molecular flexibility index (Phi) is 4.34. The smallest absolute Gasteiger partial charge is 0.273 e. The lowest BCUT2D eigenvalue weighted by Crippen LogP contribution is -2.50. The van der Waals surface area contributed by atoms with Gasteiger partial charge >= 0.3 is 0 Å². The van der Waals surface area contributed by atoms with Crippen LogP contribution in [0.3, 0.4) is 0 Å². The van der Waals surface area contributed by atoms with Gasteiger partial charge in [-0.15, -0.1) is 0 Å². The van der Waals surface area contributed by atoms with Crippen LogP contribution in [0.15, 0.2) is 30.7 Å². The maximum Gasteiger partial charge on any atom is 0.273 e. The molecule has 2 aromatic heterocycles. The summed E-state index contributed by atoms with van der Waals surface area (Å²) in [5.74, 6) is -4.15. The van der Waals surface area contributed by atoms with Crippen molar-refractivity contribution in [2.75, 3.05) is 0 Å². The van der Waals surface area contributed by atoms with Crippen molar-refractivity contribution in [2.45, 2.75) is 37.8 Å². The third-order valence-corrected chi connectivity index (χ3v) is 5.97. The summed E-state index contributed by atoms with van der Waals surface area (Å²) < 4.78 is 42.8. The van der Waals surface area contributed by atoms with Crippen molar-refractivity contribution >= 4 is 5.91 Å². The fourth-order valence-corrected chi connectivity index (χ4v) is 4.75. The zero-order chi connectivity index (χ0) is 21.0. The van der Waals surface area contributed by atoms with Gasteiger partial charge in [0.2, 0.25) is 0 Å². The molecule has 0 N–H and O–H groups in total. The molecular weight excluding hydrogens is 395 g/mol. The van der Waals surface area contributed by atoms with Crippen LogP contribution in [0.2, 0.25) is 0 Å². The van der Waals surface area contributed by atoms with Crippen molar-refractivity contribution in [3.05, 3.63) is 65.1 Å². The summed E-state index contributed by atoms with van der Waals surface area (Å²) in [5.41, 5.74) is 2.68. The van der Waals surface area contributed by atoms with Crippen molar-refractivity contribution < 1.29 is 18.0 Å². The van der Waals surface area contributed by atoms with Crippen LogP contribution in [0.25, 0.3) is 11.3 Å². The molecule has 1 aromatic carbocycles. The lowest BCUT2D eigenvalue weighted by atomic mass is 9.81. The van der Waals surface area contributed by atoms with E-state index in [1.807, 2.05) is 4.90 Å². The van der Waals surface area contributed by atoms with Gasteiger partial charge in [0.25, 0.3) is 5.91 Å². The van der Waals surface area contributed by atoms with Gasteiger partial charge in [0.05, 0.1) is 17.4 Å². The summed E-state index contributed by atoms with van der Waals surface area (Å²) in [5, 5.41) is 4.61. The molecule has 0 saturated carbocycles. The van der Waals surface area contributed by atoms with Gasteiger partial charge in [-0.25, -0.2) is 23.1 Å². The van der Waals surface area contributed by atoms with Crippen molar-refractivity contribution in [3.8, 4) is 11.3 Å². The van der Waals surface area contributed by atoms with E-state index in [1.54, 1.807) is 17.8 Å². The molecule has 30 heavy (non-hydrogen) atoms. The molecule has 154 valence electrons. The van der Waals surface area contributed by atoms with Gasteiger partial charge in [0.1, 0.15) is 12.0 Å². The van der Waals surface area contributed by atoms with E-state index in [9.17, 15) is 18.0 Å². The summed E-state index contributed by atoms with van der Waals surface area (Å²) in [4.78, 5) is 23.0. The number of fused-ring (bicyclic) bond motifs is 4. The molecule has 5 rings (SSSR count). The molecule has 2 aliphatic heterocycles. The minimum absolute atomic E-state index is 0.0724. The summed E-state index contributed by atoms with van der Waals surface area (Å²) in [7, 11) is 1.69. The van der Waals surface area contributed by atoms with Gasteiger partial charge in [-0.1, -0.05) is 0 Å². The predicted octanol–water partition coefficient (Wildman–Crippen LogP) is 3.59. The molecule has 2 aliphatic rings. The number of nitrogens with zero attached hydrogens (tertiary/aromatic N) is 5. The van der Waals surface area contributed by atoms with Crippen molar-refractivity contribution in [2.24, 2.45) is 7.05 Å².